The lowest BCUT2D eigenvalue weighted by Gasteiger charge is -2.58. The molecular weight excluding hydrogens is 358 g/mol. The molecule has 1 amide bonds. The lowest BCUT2D eigenvalue weighted by atomic mass is 9.52. The number of amides is 1. The Morgan fingerprint density at radius 1 is 1.29 bits per heavy atom. The van der Waals surface area contributed by atoms with Crippen molar-refractivity contribution in [1.29, 1.82) is 0 Å². The lowest BCUT2D eigenvalue weighted by molar-refractivity contribution is -0.136. The van der Waals surface area contributed by atoms with Crippen molar-refractivity contribution in [3.63, 3.8) is 0 Å². The van der Waals surface area contributed by atoms with Crippen molar-refractivity contribution in [2.75, 3.05) is 6.61 Å². The Morgan fingerprint density at radius 2 is 2.04 bits per heavy atom. The summed E-state index contributed by atoms with van der Waals surface area (Å²) in [5.74, 6) is 1.42. The number of hydrogen-bond acceptors (Lipinski definition) is 6. The first kappa shape index (κ1) is 18.2. The van der Waals surface area contributed by atoms with E-state index in [1.165, 1.54) is 12.6 Å². The molecule has 2 N–H and O–H groups in total. The van der Waals surface area contributed by atoms with E-state index in [1.54, 1.807) is 0 Å². The van der Waals surface area contributed by atoms with E-state index in [1.807, 2.05) is 6.92 Å². The molecule has 1 aromatic rings. The summed E-state index contributed by atoms with van der Waals surface area (Å²) >= 11 is 0. The predicted octanol–water partition coefficient (Wildman–Crippen LogP) is 2.48. The molecule has 0 saturated heterocycles. The van der Waals surface area contributed by atoms with Crippen molar-refractivity contribution in [3.05, 3.63) is 11.8 Å². The largest absolute Gasteiger partial charge is 0.477 e. The number of hydrogen-bond donors (Lipinski definition) is 2. The van der Waals surface area contributed by atoms with Gasteiger partial charge in [0.1, 0.15) is 11.7 Å². The van der Waals surface area contributed by atoms with Crippen molar-refractivity contribution in [2.24, 2.45) is 17.8 Å². The zero-order valence-electron chi connectivity index (χ0n) is 16.4. The van der Waals surface area contributed by atoms with Gasteiger partial charge < -0.3 is 19.9 Å². The highest BCUT2D eigenvalue weighted by Crippen LogP contribution is 2.55. The molecule has 5 aliphatic rings. The Balaban J connectivity index is 1.32. The highest BCUT2D eigenvalue weighted by molar-refractivity contribution is 5.96. The van der Waals surface area contributed by atoms with Crippen molar-refractivity contribution >= 4 is 5.91 Å². The summed E-state index contributed by atoms with van der Waals surface area (Å²) in [6.07, 6.45) is 9.65. The van der Waals surface area contributed by atoms with Gasteiger partial charge >= 0.3 is 6.01 Å². The Labute approximate surface area is 165 Å². The monoisotopic (exact) mass is 387 g/mol. The average Bonchev–Trinajstić information content (AvgIpc) is 2.60. The minimum absolute atomic E-state index is 0.115. The molecule has 0 spiro atoms. The first-order chi connectivity index (χ1) is 13.5. The van der Waals surface area contributed by atoms with E-state index in [-0.39, 0.29) is 29.9 Å². The average molecular weight is 387 g/mol. The van der Waals surface area contributed by atoms with Gasteiger partial charge in [0.25, 0.3) is 5.91 Å². The van der Waals surface area contributed by atoms with Crippen molar-refractivity contribution in [3.8, 4) is 11.9 Å². The first-order valence-electron chi connectivity index (χ1n) is 10.7. The van der Waals surface area contributed by atoms with Crippen LogP contribution in [0, 0.1) is 17.8 Å². The molecule has 1 heterocycles. The third-order valence-corrected chi connectivity index (χ3v) is 7.12. The smallest absolute Gasteiger partial charge is 0.319 e. The topological polar surface area (TPSA) is 93.6 Å². The number of aliphatic hydroxyl groups is 1. The number of nitrogens with one attached hydrogen (secondary N) is 1. The molecule has 0 aromatic carbocycles. The highest BCUT2D eigenvalue weighted by Gasteiger charge is 2.55. The number of nitrogens with zero attached hydrogens (tertiary/aromatic N) is 2. The fraction of sp³-hybridized carbons (Fsp3) is 0.762. The van der Waals surface area contributed by atoms with Gasteiger partial charge in [-0.3, -0.25) is 4.79 Å². The van der Waals surface area contributed by atoms with Crippen LogP contribution in [0.1, 0.15) is 68.6 Å². The molecule has 5 aliphatic carbocycles. The van der Waals surface area contributed by atoms with Gasteiger partial charge in [-0.25, -0.2) is 4.98 Å². The molecular formula is C21H29N3O4. The van der Waals surface area contributed by atoms with Crippen LogP contribution in [-0.2, 0) is 0 Å². The van der Waals surface area contributed by atoms with Crippen molar-refractivity contribution < 1.29 is 19.4 Å². The Hall–Kier alpha value is -1.89. The number of rotatable bonds is 6. The van der Waals surface area contributed by atoms with Gasteiger partial charge in [-0.05, 0) is 76.0 Å². The number of ether oxygens (including phenoxy) is 2. The summed E-state index contributed by atoms with van der Waals surface area (Å²) in [5, 5.41) is 14.0. The molecule has 2 atom stereocenters. The van der Waals surface area contributed by atoms with Crippen LogP contribution in [0.3, 0.4) is 0 Å². The summed E-state index contributed by atoms with van der Waals surface area (Å²) < 4.78 is 11.4. The van der Waals surface area contributed by atoms with E-state index in [0.717, 1.165) is 44.9 Å². The lowest BCUT2D eigenvalue weighted by Crippen LogP contribution is -2.61. The molecule has 5 fully saturated rings. The van der Waals surface area contributed by atoms with E-state index in [0.29, 0.717) is 29.9 Å². The second-order valence-corrected chi connectivity index (χ2v) is 9.17. The van der Waals surface area contributed by atoms with Gasteiger partial charge in [0.2, 0.25) is 5.88 Å². The third kappa shape index (κ3) is 3.23. The minimum atomic E-state index is -0.502. The van der Waals surface area contributed by atoms with Crippen LogP contribution in [0.4, 0.5) is 0 Å². The molecule has 0 radical (unpaired) electrons. The molecule has 6 rings (SSSR count). The van der Waals surface area contributed by atoms with Crippen LogP contribution in [0.2, 0.25) is 0 Å². The second-order valence-electron chi connectivity index (χ2n) is 9.17. The van der Waals surface area contributed by atoms with Crippen molar-refractivity contribution in [1.82, 2.24) is 15.3 Å². The Kier molecular flexibility index (Phi) is 4.45. The SMILES string of the molecule is CCOc1nc(OC2CCC2)ncc1C(=O)N[C@H]1C2CC3CC1C[C@@](O)(C3)C2. The van der Waals surface area contributed by atoms with E-state index in [4.69, 9.17) is 9.47 Å². The molecule has 5 saturated carbocycles. The quantitative estimate of drug-likeness (QED) is 0.779. The van der Waals surface area contributed by atoms with Crippen LogP contribution in [0.25, 0.3) is 0 Å². The predicted molar refractivity (Wildman–Crippen MR) is 101 cm³/mol. The summed E-state index contributed by atoms with van der Waals surface area (Å²) in [5.41, 5.74) is -0.145. The van der Waals surface area contributed by atoms with Gasteiger partial charge in [-0.15, -0.1) is 0 Å². The number of aromatic nitrogens is 2. The van der Waals surface area contributed by atoms with Crippen LogP contribution in [0.5, 0.6) is 11.9 Å². The molecule has 152 valence electrons. The molecule has 4 bridgehead atoms. The maximum atomic E-state index is 13.0. The zero-order valence-corrected chi connectivity index (χ0v) is 16.4. The standard InChI is InChI=1S/C21H29N3O4/c1-2-27-19-16(11-22-20(24-19)28-15-4-3-5-15)18(25)23-17-13-6-12-7-14(17)10-21(26,8-12)9-13/h11-15,17,26H,2-10H2,1H3,(H,23,25)/t12?,13?,14?,17-,21+. The first-order valence-corrected chi connectivity index (χ1v) is 10.7. The van der Waals surface area contributed by atoms with Gasteiger partial charge in [0, 0.05) is 6.04 Å². The van der Waals surface area contributed by atoms with E-state index < -0.39 is 5.60 Å². The fourth-order valence-corrected chi connectivity index (χ4v) is 5.89. The van der Waals surface area contributed by atoms with E-state index in [9.17, 15) is 9.90 Å². The van der Waals surface area contributed by atoms with Crippen LogP contribution in [-0.4, -0.2) is 45.3 Å². The second kappa shape index (κ2) is 6.87. The fourth-order valence-electron chi connectivity index (χ4n) is 5.89. The summed E-state index contributed by atoms with van der Waals surface area (Å²) in [6, 6.07) is 0.395. The minimum Gasteiger partial charge on any atom is -0.477 e. The maximum absolute atomic E-state index is 13.0. The highest BCUT2D eigenvalue weighted by atomic mass is 16.5. The van der Waals surface area contributed by atoms with Gasteiger partial charge in [-0.2, -0.15) is 4.98 Å². The molecule has 7 heteroatoms. The number of carbonyl (C=O) groups excluding carboxylic acids is 1. The molecule has 2 unspecified atom stereocenters. The van der Waals surface area contributed by atoms with Gasteiger partial charge in [0.05, 0.1) is 18.4 Å². The van der Waals surface area contributed by atoms with Crippen LogP contribution < -0.4 is 14.8 Å². The summed E-state index contributed by atoms with van der Waals surface area (Å²) in [4.78, 5) is 21.6. The molecule has 1 aromatic heterocycles. The Morgan fingerprint density at radius 3 is 2.64 bits per heavy atom. The molecule has 7 nitrogen and oxygen atoms in total. The summed E-state index contributed by atoms with van der Waals surface area (Å²) in [6.45, 7) is 2.29. The zero-order chi connectivity index (χ0) is 19.3. The molecule has 0 aliphatic heterocycles. The Bertz CT molecular complexity index is 750. The van der Waals surface area contributed by atoms with Crippen LogP contribution >= 0.6 is 0 Å². The number of carbonyl (C=O) groups is 1. The van der Waals surface area contributed by atoms with Gasteiger partial charge in [-0.1, -0.05) is 0 Å². The summed E-state index contributed by atoms with van der Waals surface area (Å²) in [7, 11) is 0. The molecule has 28 heavy (non-hydrogen) atoms. The van der Waals surface area contributed by atoms with E-state index >= 15 is 0 Å². The maximum Gasteiger partial charge on any atom is 0.319 e. The van der Waals surface area contributed by atoms with Crippen LogP contribution in [0.15, 0.2) is 6.20 Å². The normalized spacial score (nSPS) is 36.1. The van der Waals surface area contributed by atoms with Crippen molar-refractivity contribution in [2.45, 2.75) is 76.0 Å². The van der Waals surface area contributed by atoms with Gasteiger partial charge in [0.15, 0.2) is 0 Å². The van der Waals surface area contributed by atoms with E-state index in [2.05, 4.69) is 15.3 Å². The third-order valence-electron chi connectivity index (χ3n) is 7.12.